The van der Waals surface area contributed by atoms with Crippen LogP contribution in [-0.2, 0) is 10.2 Å². The van der Waals surface area contributed by atoms with Crippen LogP contribution in [0.25, 0.3) is 0 Å². The van der Waals surface area contributed by atoms with Crippen molar-refractivity contribution in [1.29, 1.82) is 0 Å². The summed E-state index contributed by atoms with van der Waals surface area (Å²) < 4.78 is 28.0. The van der Waals surface area contributed by atoms with Gasteiger partial charge in [-0.25, -0.2) is 0 Å². The van der Waals surface area contributed by atoms with Crippen LogP contribution in [0.15, 0.2) is 0 Å². The largest absolute Gasteiger partial charge is 0.320 e. The predicted octanol–water partition coefficient (Wildman–Crippen LogP) is 0.551. The van der Waals surface area contributed by atoms with Gasteiger partial charge in [-0.15, -0.1) is 0 Å². The maximum atomic E-state index is 11.9. The van der Waals surface area contributed by atoms with E-state index in [1.165, 1.54) is 4.31 Å². The first-order valence-electron chi connectivity index (χ1n) is 6.39. The van der Waals surface area contributed by atoms with Crippen LogP contribution in [0.5, 0.6) is 0 Å². The summed E-state index contributed by atoms with van der Waals surface area (Å²) in [7, 11) is 0.228. The summed E-state index contributed by atoms with van der Waals surface area (Å²) in [6.07, 6.45) is 4.08. The zero-order valence-electron chi connectivity index (χ0n) is 11.1. The zero-order chi connectivity index (χ0) is 12.9. The lowest BCUT2D eigenvalue weighted by Gasteiger charge is -2.17. The van der Waals surface area contributed by atoms with Crippen LogP contribution in [0, 0.1) is 5.92 Å². The van der Waals surface area contributed by atoms with Crippen molar-refractivity contribution in [2.75, 3.05) is 27.2 Å². The van der Waals surface area contributed by atoms with Gasteiger partial charge in [0.25, 0.3) is 10.2 Å². The highest BCUT2D eigenvalue weighted by Crippen LogP contribution is 2.35. The molecule has 0 aromatic carbocycles. The van der Waals surface area contributed by atoms with Crippen molar-refractivity contribution >= 4 is 10.2 Å². The fraction of sp³-hybridized carbons (Fsp3) is 1.00. The molecular formula is C11H25N3O2S. The van der Waals surface area contributed by atoms with Crippen LogP contribution < -0.4 is 10.0 Å². The Morgan fingerprint density at radius 1 is 1.41 bits per heavy atom. The third kappa shape index (κ3) is 4.91. The summed E-state index contributed by atoms with van der Waals surface area (Å²) >= 11 is 0. The molecule has 0 heterocycles. The molecule has 1 rings (SSSR count). The van der Waals surface area contributed by atoms with Gasteiger partial charge in [0.15, 0.2) is 0 Å². The van der Waals surface area contributed by atoms with Crippen LogP contribution in [0.2, 0.25) is 0 Å². The Labute approximate surface area is 105 Å². The number of nitrogens with zero attached hydrogens (tertiary/aromatic N) is 1. The minimum Gasteiger partial charge on any atom is -0.320 e. The first-order chi connectivity index (χ1) is 8.01. The third-order valence-electron chi connectivity index (χ3n) is 3.19. The fourth-order valence-electron chi connectivity index (χ4n) is 1.96. The van der Waals surface area contributed by atoms with Crippen molar-refractivity contribution < 1.29 is 8.42 Å². The van der Waals surface area contributed by atoms with Crippen molar-refractivity contribution in [1.82, 2.24) is 14.3 Å². The van der Waals surface area contributed by atoms with Crippen LogP contribution in [0.4, 0.5) is 0 Å². The predicted molar refractivity (Wildman–Crippen MR) is 70.0 cm³/mol. The van der Waals surface area contributed by atoms with Gasteiger partial charge < -0.3 is 5.32 Å². The Morgan fingerprint density at radius 3 is 2.71 bits per heavy atom. The Hall–Kier alpha value is -0.170. The smallest absolute Gasteiger partial charge is 0.279 e. The summed E-state index contributed by atoms with van der Waals surface area (Å²) in [5.41, 5.74) is 0. The summed E-state index contributed by atoms with van der Waals surface area (Å²) in [4.78, 5) is 0. The average Bonchev–Trinajstić information content (AvgIpc) is 2.96. The van der Waals surface area contributed by atoms with Crippen molar-refractivity contribution in [3.05, 3.63) is 0 Å². The molecule has 2 atom stereocenters. The molecule has 0 amide bonds. The molecule has 2 unspecified atom stereocenters. The highest BCUT2D eigenvalue weighted by atomic mass is 32.2. The molecule has 102 valence electrons. The zero-order valence-corrected chi connectivity index (χ0v) is 11.9. The summed E-state index contributed by atoms with van der Waals surface area (Å²) in [5.74, 6) is 0.556. The maximum Gasteiger partial charge on any atom is 0.279 e. The Morgan fingerprint density at radius 2 is 2.12 bits per heavy atom. The lowest BCUT2D eigenvalue weighted by Crippen LogP contribution is -2.40. The molecule has 0 aromatic rings. The number of hydrogen-bond acceptors (Lipinski definition) is 3. The van der Waals surface area contributed by atoms with Crippen LogP contribution in [0.3, 0.4) is 0 Å². The van der Waals surface area contributed by atoms with E-state index in [4.69, 9.17) is 0 Å². The minimum atomic E-state index is -3.27. The van der Waals surface area contributed by atoms with E-state index in [2.05, 4.69) is 17.0 Å². The van der Waals surface area contributed by atoms with Gasteiger partial charge in [0.05, 0.1) is 0 Å². The molecule has 0 saturated heterocycles. The van der Waals surface area contributed by atoms with Crippen LogP contribution in [-0.4, -0.2) is 45.9 Å². The number of rotatable bonds is 9. The topological polar surface area (TPSA) is 61.4 Å². The van der Waals surface area contributed by atoms with Gasteiger partial charge in [-0.3, -0.25) is 0 Å². The normalized spacial score (nSPS) is 24.2. The molecule has 0 spiro atoms. The molecule has 1 saturated carbocycles. The molecule has 0 aromatic heterocycles. The fourth-order valence-corrected chi connectivity index (χ4v) is 3.18. The number of nitrogens with one attached hydrogen (secondary N) is 2. The van der Waals surface area contributed by atoms with Gasteiger partial charge in [0.1, 0.15) is 0 Å². The van der Waals surface area contributed by atoms with E-state index in [1.807, 2.05) is 7.05 Å². The summed E-state index contributed by atoms with van der Waals surface area (Å²) in [6, 6.07) is 0.173. The molecule has 17 heavy (non-hydrogen) atoms. The molecule has 0 aliphatic heterocycles. The molecule has 1 fully saturated rings. The van der Waals surface area contributed by atoms with Gasteiger partial charge in [0.2, 0.25) is 0 Å². The van der Waals surface area contributed by atoms with Crippen LogP contribution in [0.1, 0.15) is 32.6 Å². The summed E-state index contributed by atoms with van der Waals surface area (Å²) in [6.45, 7) is 3.52. The molecular weight excluding hydrogens is 238 g/mol. The van der Waals surface area contributed by atoms with Crippen molar-refractivity contribution in [3.63, 3.8) is 0 Å². The second kappa shape index (κ2) is 6.68. The summed E-state index contributed by atoms with van der Waals surface area (Å²) in [5, 5.41) is 3.01. The lowest BCUT2D eigenvalue weighted by molar-refractivity contribution is 0.445. The molecule has 1 aliphatic carbocycles. The van der Waals surface area contributed by atoms with E-state index in [-0.39, 0.29) is 6.04 Å². The van der Waals surface area contributed by atoms with E-state index >= 15 is 0 Å². The van der Waals surface area contributed by atoms with E-state index in [0.29, 0.717) is 12.5 Å². The molecule has 1 aliphatic rings. The Bertz CT molecular complexity index is 319. The Balaban J connectivity index is 2.30. The van der Waals surface area contributed by atoms with Gasteiger partial charge >= 0.3 is 0 Å². The van der Waals surface area contributed by atoms with E-state index in [9.17, 15) is 8.42 Å². The standard InChI is InChI=1S/C11H25N3O2S/c1-4-6-10-9-11(10)13-17(15,16)14(3)8-5-7-12-2/h10-13H,4-9H2,1-3H3. The first kappa shape index (κ1) is 14.9. The lowest BCUT2D eigenvalue weighted by atomic mass is 10.2. The third-order valence-corrected chi connectivity index (χ3v) is 4.80. The monoisotopic (exact) mass is 263 g/mol. The molecule has 6 heteroatoms. The highest BCUT2D eigenvalue weighted by molar-refractivity contribution is 7.87. The first-order valence-corrected chi connectivity index (χ1v) is 7.83. The van der Waals surface area contributed by atoms with Crippen molar-refractivity contribution in [2.24, 2.45) is 5.92 Å². The van der Waals surface area contributed by atoms with Gasteiger partial charge in [0, 0.05) is 19.6 Å². The minimum absolute atomic E-state index is 0.173. The SMILES string of the molecule is CCCC1CC1NS(=O)(=O)N(C)CCCNC. The number of hydrogen-bond donors (Lipinski definition) is 2. The maximum absolute atomic E-state index is 11.9. The molecule has 0 bridgehead atoms. The van der Waals surface area contributed by atoms with Crippen molar-refractivity contribution in [2.45, 2.75) is 38.6 Å². The van der Waals surface area contributed by atoms with E-state index in [0.717, 1.165) is 32.2 Å². The van der Waals surface area contributed by atoms with Crippen LogP contribution >= 0.6 is 0 Å². The second-order valence-electron chi connectivity index (χ2n) is 4.79. The molecule has 5 nitrogen and oxygen atoms in total. The van der Waals surface area contributed by atoms with E-state index < -0.39 is 10.2 Å². The van der Waals surface area contributed by atoms with Crippen molar-refractivity contribution in [3.8, 4) is 0 Å². The Kier molecular flexibility index (Phi) is 5.85. The van der Waals surface area contributed by atoms with Gasteiger partial charge in [-0.1, -0.05) is 13.3 Å². The quantitative estimate of drug-likeness (QED) is 0.597. The molecule has 0 radical (unpaired) electrons. The second-order valence-corrected chi connectivity index (χ2v) is 6.60. The van der Waals surface area contributed by atoms with E-state index in [1.54, 1.807) is 7.05 Å². The van der Waals surface area contributed by atoms with Gasteiger partial charge in [-0.2, -0.15) is 17.4 Å². The highest BCUT2D eigenvalue weighted by Gasteiger charge is 2.39. The average molecular weight is 263 g/mol. The van der Waals surface area contributed by atoms with Gasteiger partial charge in [-0.05, 0) is 38.8 Å². The molecule has 2 N–H and O–H groups in total.